The summed E-state index contributed by atoms with van der Waals surface area (Å²) >= 11 is 0. The van der Waals surface area contributed by atoms with E-state index in [9.17, 15) is 8.42 Å². The average Bonchev–Trinajstić information content (AvgIpc) is 2.84. The molecule has 9 nitrogen and oxygen atoms in total. The van der Waals surface area contributed by atoms with E-state index in [0.29, 0.717) is 17.5 Å². The molecular formula is C24H31N7O2S. The van der Waals surface area contributed by atoms with E-state index in [0.717, 1.165) is 44.0 Å². The molecule has 0 unspecified atom stereocenters. The minimum absolute atomic E-state index is 0.154. The summed E-state index contributed by atoms with van der Waals surface area (Å²) in [5.41, 5.74) is 3.39. The van der Waals surface area contributed by atoms with Gasteiger partial charge in [-0.3, -0.25) is 4.90 Å². The van der Waals surface area contributed by atoms with Crippen molar-refractivity contribution >= 4 is 33.2 Å². The van der Waals surface area contributed by atoms with Crippen LogP contribution in [0.15, 0.2) is 59.6 Å². The number of piperazine rings is 1. The molecular weight excluding hydrogens is 450 g/mol. The molecule has 1 fully saturated rings. The molecule has 1 aliphatic heterocycles. The van der Waals surface area contributed by atoms with Crippen LogP contribution < -0.4 is 15.4 Å². The molecule has 0 radical (unpaired) electrons. The van der Waals surface area contributed by atoms with Crippen molar-refractivity contribution in [1.82, 2.24) is 24.5 Å². The number of hydrogen-bond donors (Lipinski definition) is 3. The Morgan fingerprint density at radius 3 is 2.38 bits per heavy atom. The fourth-order valence-corrected chi connectivity index (χ4v) is 4.64. The third-order valence-electron chi connectivity index (χ3n) is 5.88. The predicted molar refractivity (Wildman–Crippen MR) is 135 cm³/mol. The molecule has 1 aliphatic rings. The van der Waals surface area contributed by atoms with Crippen molar-refractivity contribution in [3.8, 4) is 0 Å². The summed E-state index contributed by atoms with van der Waals surface area (Å²) in [6.45, 7) is 7.19. The first kappa shape index (κ1) is 24.1. The van der Waals surface area contributed by atoms with Crippen molar-refractivity contribution in [2.45, 2.75) is 18.4 Å². The fourth-order valence-electron chi connectivity index (χ4n) is 3.76. The van der Waals surface area contributed by atoms with Crippen molar-refractivity contribution in [3.63, 3.8) is 0 Å². The van der Waals surface area contributed by atoms with Gasteiger partial charge in [-0.1, -0.05) is 24.3 Å². The third-order valence-corrected chi connectivity index (χ3v) is 7.35. The zero-order chi connectivity index (χ0) is 24.1. The van der Waals surface area contributed by atoms with E-state index in [2.05, 4.69) is 54.3 Å². The predicted octanol–water partition coefficient (Wildman–Crippen LogP) is 2.93. The van der Waals surface area contributed by atoms with E-state index >= 15 is 0 Å². The molecule has 180 valence electrons. The van der Waals surface area contributed by atoms with E-state index in [-0.39, 0.29) is 4.90 Å². The molecule has 0 amide bonds. The molecule has 34 heavy (non-hydrogen) atoms. The van der Waals surface area contributed by atoms with Gasteiger partial charge in [0.25, 0.3) is 0 Å². The van der Waals surface area contributed by atoms with Crippen LogP contribution >= 0.6 is 0 Å². The number of aromatic nitrogens is 2. The molecule has 0 atom stereocenters. The number of anilines is 4. The second-order valence-electron chi connectivity index (χ2n) is 8.46. The molecule has 0 bridgehead atoms. The van der Waals surface area contributed by atoms with Crippen molar-refractivity contribution < 1.29 is 8.42 Å². The van der Waals surface area contributed by atoms with E-state index < -0.39 is 10.0 Å². The minimum Gasteiger partial charge on any atom is -0.339 e. The average molecular weight is 482 g/mol. The Bertz CT molecular complexity index is 1220. The zero-order valence-corrected chi connectivity index (χ0v) is 20.6. The van der Waals surface area contributed by atoms with E-state index in [4.69, 9.17) is 0 Å². The highest BCUT2D eigenvalue weighted by Gasteiger charge is 2.17. The van der Waals surface area contributed by atoms with Gasteiger partial charge in [0.1, 0.15) is 10.7 Å². The second-order valence-corrected chi connectivity index (χ2v) is 10.3. The third kappa shape index (κ3) is 5.89. The largest absolute Gasteiger partial charge is 0.339 e. The highest BCUT2D eigenvalue weighted by molar-refractivity contribution is 7.89. The SMILES string of the molecule is CNS(=O)(=O)c1ccccc1Nc1nc(Nc2ccc(CN3CCN(C)CC3)cc2)ncc1C. The molecule has 3 N–H and O–H groups in total. The Hall–Kier alpha value is -3.05. The van der Waals surface area contributed by atoms with Gasteiger partial charge in [-0.05, 0) is 50.8 Å². The summed E-state index contributed by atoms with van der Waals surface area (Å²) in [7, 11) is -0.0645. The highest BCUT2D eigenvalue weighted by Crippen LogP contribution is 2.26. The molecule has 0 spiro atoms. The number of nitrogens with zero attached hydrogens (tertiary/aromatic N) is 4. The Morgan fingerprint density at radius 1 is 0.971 bits per heavy atom. The van der Waals surface area contributed by atoms with Crippen LogP contribution in [0.1, 0.15) is 11.1 Å². The first-order chi connectivity index (χ1) is 16.3. The highest BCUT2D eigenvalue weighted by atomic mass is 32.2. The number of likely N-dealkylation sites (N-methyl/N-ethyl adjacent to an activating group) is 1. The first-order valence-electron chi connectivity index (χ1n) is 11.2. The van der Waals surface area contributed by atoms with Gasteiger partial charge in [0, 0.05) is 50.2 Å². The quantitative estimate of drug-likeness (QED) is 0.451. The summed E-state index contributed by atoms with van der Waals surface area (Å²) in [4.78, 5) is 13.9. The van der Waals surface area contributed by atoms with Crippen LogP contribution in [0.4, 0.5) is 23.1 Å². The van der Waals surface area contributed by atoms with Crippen LogP contribution in [-0.2, 0) is 16.6 Å². The number of hydrogen-bond acceptors (Lipinski definition) is 8. The Labute approximate surface area is 201 Å². The standard InChI is InChI=1S/C24H31N7O2S/c1-18-16-26-24(29-23(18)28-21-6-4-5-7-22(21)34(32,33)25-2)27-20-10-8-19(9-11-20)17-31-14-12-30(3)13-15-31/h4-11,16,25H,12-15,17H2,1-3H3,(H2,26,27,28,29). The first-order valence-corrected chi connectivity index (χ1v) is 12.7. The molecule has 10 heteroatoms. The van der Waals surface area contributed by atoms with E-state index in [1.165, 1.54) is 12.6 Å². The normalized spacial score (nSPS) is 15.3. The number of aryl methyl sites for hydroxylation is 1. The number of benzene rings is 2. The van der Waals surface area contributed by atoms with Crippen molar-refractivity contribution in [2.24, 2.45) is 0 Å². The molecule has 4 rings (SSSR count). The van der Waals surface area contributed by atoms with Crippen molar-refractivity contribution in [2.75, 3.05) is 50.9 Å². The van der Waals surface area contributed by atoms with E-state index in [1.54, 1.807) is 30.5 Å². The van der Waals surface area contributed by atoms with Gasteiger partial charge in [0.15, 0.2) is 0 Å². The summed E-state index contributed by atoms with van der Waals surface area (Å²) in [6.07, 6.45) is 1.70. The lowest BCUT2D eigenvalue weighted by Crippen LogP contribution is -2.43. The summed E-state index contributed by atoms with van der Waals surface area (Å²) in [6, 6.07) is 15.0. The van der Waals surface area contributed by atoms with Gasteiger partial charge in [-0.15, -0.1) is 0 Å². The molecule has 3 aromatic rings. The van der Waals surface area contributed by atoms with Crippen LogP contribution in [0.5, 0.6) is 0 Å². The maximum absolute atomic E-state index is 12.4. The fraction of sp³-hybridized carbons (Fsp3) is 0.333. The van der Waals surface area contributed by atoms with Crippen LogP contribution in [0.2, 0.25) is 0 Å². The van der Waals surface area contributed by atoms with Crippen LogP contribution in [-0.4, -0.2) is 68.5 Å². The molecule has 2 heterocycles. The molecule has 0 saturated carbocycles. The maximum Gasteiger partial charge on any atom is 0.242 e. The zero-order valence-electron chi connectivity index (χ0n) is 19.7. The smallest absolute Gasteiger partial charge is 0.242 e. The van der Waals surface area contributed by atoms with Crippen LogP contribution in [0.3, 0.4) is 0 Å². The van der Waals surface area contributed by atoms with Gasteiger partial charge in [-0.2, -0.15) is 4.98 Å². The van der Waals surface area contributed by atoms with Gasteiger partial charge in [0.2, 0.25) is 16.0 Å². The number of para-hydroxylation sites is 1. The number of rotatable bonds is 8. The molecule has 2 aromatic carbocycles. The molecule has 0 aliphatic carbocycles. The lowest BCUT2D eigenvalue weighted by Gasteiger charge is -2.32. The van der Waals surface area contributed by atoms with Crippen LogP contribution in [0.25, 0.3) is 0 Å². The summed E-state index contributed by atoms with van der Waals surface area (Å²) < 4.78 is 27.1. The summed E-state index contributed by atoms with van der Waals surface area (Å²) in [5.74, 6) is 0.955. The summed E-state index contributed by atoms with van der Waals surface area (Å²) in [5, 5.41) is 6.38. The van der Waals surface area contributed by atoms with Crippen molar-refractivity contribution in [1.29, 1.82) is 0 Å². The van der Waals surface area contributed by atoms with Gasteiger partial charge >= 0.3 is 0 Å². The lowest BCUT2D eigenvalue weighted by atomic mass is 10.2. The Balaban J connectivity index is 1.46. The topological polar surface area (TPSA) is 102 Å². The Morgan fingerprint density at radius 2 is 1.68 bits per heavy atom. The van der Waals surface area contributed by atoms with Gasteiger partial charge in [0.05, 0.1) is 5.69 Å². The van der Waals surface area contributed by atoms with Crippen molar-refractivity contribution in [3.05, 3.63) is 65.9 Å². The number of sulfonamides is 1. The van der Waals surface area contributed by atoms with E-state index in [1.807, 2.05) is 19.1 Å². The van der Waals surface area contributed by atoms with Gasteiger partial charge in [-0.25, -0.2) is 18.1 Å². The second kappa shape index (κ2) is 10.5. The maximum atomic E-state index is 12.4. The molecule has 1 saturated heterocycles. The lowest BCUT2D eigenvalue weighted by molar-refractivity contribution is 0.148. The molecule has 1 aromatic heterocycles. The minimum atomic E-state index is -3.62. The Kier molecular flexibility index (Phi) is 7.42. The van der Waals surface area contributed by atoms with Crippen LogP contribution in [0, 0.1) is 6.92 Å². The van der Waals surface area contributed by atoms with Gasteiger partial charge < -0.3 is 15.5 Å². The monoisotopic (exact) mass is 481 g/mol. The number of nitrogens with one attached hydrogen (secondary N) is 3.